The predicted octanol–water partition coefficient (Wildman–Crippen LogP) is 2.69. The average Bonchev–Trinajstić information content (AvgIpc) is 3.23. The largest absolute Gasteiger partial charge is 0.507 e. The Morgan fingerprint density at radius 2 is 1.78 bits per heavy atom. The fourth-order valence-corrected chi connectivity index (χ4v) is 5.97. The zero-order valence-electron chi connectivity index (χ0n) is 19.1. The van der Waals surface area contributed by atoms with Gasteiger partial charge in [0.15, 0.2) is 10.5 Å². The van der Waals surface area contributed by atoms with E-state index in [2.05, 4.69) is 15.4 Å². The third-order valence-electron chi connectivity index (χ3n) is 6.34. The lowest BCUT2D eigenvalue weighted by Crippen LogP contribution is -2.40. The molecule has 36 heavy (non-hydrogen) atoms. The number of hydrogen-bond donors (Lipinski definition) is 2. The van der Waals surface area contributed by atoms with Gasteiger partial charge in [-0.15, -0.1) is 0 Å². The molecular weight excluding hydrogens is 487 g/mol. The summed E-state index contributed by atoms with van der Waals surface area (Å²) in [4.78, 5) is 3.63. The van der Waals surface area contributed by atoms with Crippen molar-refractivity contribution in [2.45, 2.75) is 17.7 Å². The van der Waals surface area contributed by atoms with E-state index >= 15 is 0 Å². The van der Waals surface area contributed by atoms with Crippen molar-refractivity contribution in [3.05, 3.63) is 66.4 Å². The smallest absolute Gasteiger partial charge is 0.248 e. The molecular formula is C24H22BF2N5O3S. The van der Waals surface area contributed by atoms with Gasteiger partial charge in [-0.25, -0.2) is 22.2 Å². The van der Waals surface area contributed by atoms with Crippen LogP contribution >= 0.6 is 0 Å². The van der Waals surface area contributed by atoms with Crippen LogP contribution in [0.3, 0.4) is 0 Å². The highest BCUT2D eigenvalue weighted by Crippen LogP contribution is 2.30. The number of phenols is 1. The molecule has 2 aromatic heterocycles. The summed E-state index contributed by atoms with van der Waals surface area (Å²) in [6, 6.07) is 11.6. The van der Waals surface area contributed by atoms with Crippen LogP contribution < -0.4 is 10.8 Å². The number of nitrogens with zero attached hydrogens (tertiary/aromatic N) is 4. The molecule has 184 valence electrons. The van der Waals surface area contributed by atoms with Crippen molar-refractivity contribution in [3.8, 4) is 17.0 Å². The lowest BCUT2D eigenvalue weighted by Gasteiger charge is -2.31. The van der Waals surface area contributed by atoms with Crippen LogP contribution in [-0.4, -0.2) is 59.9 Å². The van der Waals surface area contributed by atoms with Gasteiger partial charge in [0.05, 0.1) is 5.69 Å². The van der Waals surface area contributed by atoms with Crippen LogP contribution in [0.25, 0.3) is 16.9 Å². The van der Waals surface area contributed by atoms with E-state index < -0.39 is 26.6 Å². The van der Waals surface area contributed by atoms with Crippen molar-refractivity contribution in [3.63, 3.8) is 0 Å². The van der Waals surface area contributed by atoms with Crippen molar-refractivity contribution in [2.75, 3.05) is 25.0 Å². The minimum absolute atomic E-state index is 0.0817. The Labute approximate surface area is 208 Å². The van der Waals surface area contributed by atoms with Crippen molar-refractivity contribution >= 4 is 34.8 Å². The topological polar surface area (TPSA) is 99.8 Å². The molecule has 5 rings (SSSR count). The number of anilines is 1. The van der Waals surface area contributed by atoms with Gasteiger partial charge in [0.25, 0.3) is 0 Å². The molecule has 0 spiro atoms. The van der Waals surface area contributed by atoms with Crippen molar-refractivity contribution in [1.82, 2.24) is 18.9 Å². The van der Waals surface area contributed by atoms with Crippen molar-refractivity contribution in [1.29, 1.82) is 0 Å². The first-order chi connectivity index (χ1) is 17.3. The normalized spacial score (nSPS) is 15.4. The van der Waals surface area contributed by atoms with Gasteiger partial charge in [-0.3, -0.25) is 0 Å². The number of hydrogen-bond acceptors (Lipinski definition) is 6. The summed E-state index contributed by atoms with van der Waals surface area (Å²) in [5.74, 6) is -1.40. The Kier molecular flexibility index (Phi) is 6.39. The van der Waals surface area contributed by atoms with Gasteiger partial charge in [0.1, 0.15) is 31.0 Å². The van der Waals surface area contributed by atoms with Gasteiger partial charge in [0.2, 0.25) is 10.0 Å². The van der Waals surface area contributed by atoms with Gasteiger partial charge in [-0.1, -0.05) is 18.2 Å². The third-order valence-corrected chi connectivity index (χ3v) is 8.29. The van der Waals surface area contributed by atoms with Gasteiger partial charge in [0, 0.05) is 37.5 Å². The van der Waals surface area contributed by atoms with Crippen LogP contribution in [0.4, 0.5) is 14.6 Å². The SMILES string of the molecule is [B]c1cnn2c(NCC3CCN(S(=O)(=O)c4c(F)cccc4F)CC3)cc(-c3ccccc3O)nc12. The second-order valence-corrected chi connectivity index (χ2v) is 10.5. The molecule has 0 unspecified atom stereocenters. The molecule has 2 radical (unpaired) electrons. The minimum Gasteiger partial charge on any atom is -0.507 e. The zero-order chi connectivity index (χ0) is 25.4. The molecule has 2 N–H and O–H groups in total. The zero-order valence-corrected chi connectivity index (χ0v) is 19.9. The van der Waals surface area contributed by atoms with Gasteiger partial charge < -0.3 is 10.4 Å². The first kappa shape index (κ1) is 24.2. The Balaban J connectivity index is 1.32. The highest BCUT2D eigenvalue weighted by Gasteiger charge is 2.33. The molecule has 3 heterocycles. The maximum atomic E-state index is 14.1. The van der Waals surface area contributed by atoms with E-state index in [-0.39, 0.29) is 24.8 Å². The van der Waals surface area contributed by atoms with Crippen LogP contribution in [0.5, 0.6) is 5.75 Å². The number of aromatic nitrogens is 3. The molecule has 0 atom stereocenters. The fourth-order valence-electron chi connectivity index (χ4n) is 4.39. The summed E-state index contributed by atoms with van der Waals surface area (Å²) >= 11 is 0. The van der Waals surface area contributed by atoms with Crippen LogP contribution in [0, 0.1) is 17.6 Å². The third kappa shape index (κ3) is 4.42. The number of aromatic hydroxyl groups is 1. The molecule has 0 saturated carbocycles. The average molecular weight is 509 g/mol. The molecule has 1 aliphatic heterocycles. The maximum absolute atomic E-state index is 14.1. The highest BCUT2D eigenvalue weighted by molar-refractivity contribution is 7.89. The van der Waals surface area contributed by atoms with Crippen molar-refractivity contribution in [2.24, 2.45) is 5.92 Å². The van der Waals surface area contributed by atoms with Gasteiger partial charge in [-0.2, -0.15) is 13.9 Å². The molecule has 0 bridgehead atoms. The number of phenolic OH excluding ortho intramolecular Hbond substituents is 1. The Morgan fingerprint density at radius 1 is 1.08 bits per heavy atom. The quantitative estimate of drug-likeness (QED) is 0.388. The lowest BCUT2D eigenvalue weighted by atomic mass is 9.98. The molecule has 1 fully saturated rings. The van der Waals surface area contributed by atoms with E-state index in [9.17, 15) is 22.3 Å². The Morgan fingerprint density at radius 3 is 2.47 bits per heavy atom. The van der Waals surface area contributed by atoms with E-state index in [1.165, 1.54) is 6.20 Å². The highest BCUT2D eigenvalue weighted by atomic mass is 32.2. The summed E-state index contributed by atoms with van der Waals surface area (Å²) in [6.45, 7) is 0.791. The minimum atomic E-state index is -4.28. The van der Waals surface area contributed by atoms with E-state index in [1.54, 1.807) is 34.8 Å². The molecule has 2 aromatic carbocycles. The van der Waals surface area contributed by atoms with E-state index in [4.69, 9.17) is 7.85 Å². The monoisotopic (exact) mass is 509 g/mol. The summed E-state index contributed by atoms with van der Waals surface area (Å²) in [6.07, 6.45) is 2.50. The van der Waals surface area contributed by atoms with E-state index in [1.807, 2.05) is 0 Å². The molecule has 12 heteroatoms. The van der Waals surface area contributed by atoms with Crippen LogP contribution in [0.15, 0.2) is 59.6 Å². The lowest BCUT2D eigenvalue weighted by molar-refractivity contribution is 0.280. The number of sulfonamides is 1. The summed E-state index contributed by atoms with van der Waals surface area (Å²) < 4.78 is 56.6. The number of para-hydroxylation sites is 1. The number of fused-ring (bicyclic) bond motifs is 1. The Hall–Kier alpha value is -3.51. The summed E-state index contributed by atoms with van der Waals surface area (Å²) in [5.41, 5.74) is 1.88. The van der Waals surface area contributed by atoms with Crippen LogP contribution in [0.2, 0.25) is 0 Å². The second-order valence-electron chi connectivity index (χ2n) is 8.66. The Bertz CT molecular complexity index is 1520. The predicted molar refractivity (Wildman–Crippen MR) is 132 cm³/mol. The fraction of sp³-hybridized carbons (Fsp3) is 0.250. The number of nitrogens with one attached hydrogen (secondary N) is 1. The number of rotatable bonds is 6. The first-order valence-electron chi connectivity index (χ1n) is 11.4. The standard InChI is InChI=1S/C24H22BF2N5O3S/c25-17-14-29-32-22(12-20(30-24(17)32)16-4-1-2-7-21(16)33)28-13-15-8-10-31(11-9-15)36(34,35)23-18(26)5-3-6-19(23)27/h1-7,12,14-15,28,33H,8-11,13H2. The van der Waals surface area contributed by atoms with Crippen LogP contribution in [-0.2, 0) is 10.0 Å². The maximum Gasteiger partial charge on any atom is 0.248 e. The number of benzene rings is 2. The molecule has 1 aliphatic rings. The molecule has 8 nitrogen and oxygen atoms in total. The molecule has 4 aromatic rings. The second kappa shape index (κ2) is 9.51. The van der Waals surface area contributed by atoms with E-state index in [0.717, 1.165) is 22.5 Å². The molecule has 0 amide bonds. The first-order valence-corrected chi connectivity index (χ1v) is 12.8. The van der Waals surface area contributed by atoms with Gasteiger partial charge in [-0.05, 0) is 48.5 Å². The number of halogens is 2. The molecule has 0 aliphatic carbocycles. The van der Waals surface area contributed by atoms with Gasteiger partial charge >= 0.3 is 0 Å². The summed E-state index contributed by atoms with van der Waals surface area (Å²) in [7, 11) is 1.77. The van der Waals surface area contributed by atoms with E-state index in [0.29, 0.717) is 47.6 Å². The van der Waals surface area contributed by atoms with Crippen LogP contribution in [0.1, 0.15) is 12.8 Å². The number of piperidine rings is 1. The molecule has 1 saturated heterocycles. The van der Waals surface area contributed by atoms with Crippen molar-refractivity contribution < 1.29 is 22.3 Å². The summed E-state index contributed by atoms with van der Waals surface area (Å²) in [5, 5.41) is 17.9.